The fraction of sp³-hybridized carbons (Fsp3) is 0.481. The van der Waals surface area contributed by atoms with Crippen LogP contribution >= 0.6 is 0 Å². The van der Waals surface area contributed by atoms with E-state index in [1.807, 2.05) is 35.4 Å². The zero-order chi connectivity index (χ0) is 23.2. The van der Waals surface area contributed by atoms with Crippen molar-refractivity contribution in [1.82, 2.24) is 20.0 Å². The van der Waals surface area contributed by atoms with Gasteiger partial charge in [0.05, 0.1) is 30.5 Å². The number of nitrogens with zero attached hydrogens (tertiary/aromatic N) is 3. The summed E-state index contributed by atoms with van der Waals surface area (Å²) in [5.41, 5.74) is 3.11. The first-order valence-corrected chi connectivity index (χ1v) is 12.5. The van der Waals surface area contributed by atoms with Crippen molar-refractivity contribution in [2.24, 2.45) is 5.92 Å². The largest absolute Gasteiger partial charge is 0.491 e. The quantitative estimate of drug-likeness (QED) is 0.579. The maximum absolute atomic E-state index is 13.4. The summed E-state index contributed by atoms with van der Waals surface area (Å²) in [5, 5.41) is 8.48. The Hall–Kier alpha value is -2.90. The number of hydrogen-bond acceptors (Lipinski definition) is 5. The van der Waals surface area contributed by atoms with E-state index in [0.717, 1.165) is 77.1 Å². The molecule has 7 nitrogen and oxygen atoms in total. The van der Waals surface area contributed by atoms with Crippen molar-refractivity contribution in [1.29, 1.82) is 0 Å². The minimum Gasteiger partial charge on any atom is -0.491 e. The standard InChI is InChI=1S/C27H34N4O3/c32-27(23-7-1-2-9-26(23)34-18-15-30-13-16-33-17-14-30)31-11-4-5-21(10-12-31)19-22-6-3-8-25-24(22)20-28-29-25/h1-3,6-9,20-21H,4-5,10-19H2,(H,28,29). The number of para-hydroxylation sites is 1. The van der Waals surface area contributed by atoms with Crippen LogP contribution in [0.1, 0.15) is 35.2 Å². The van der Waals surface area contributed by atoms with E-state index in [9.17, 15) is 4.79 Å². The average Bonchev–Trinajstić information content (AvgIpc) is 3.25. The van der Waals surface area contributed by atoms with Gasteiger partial charge in [-0.05, 0) is 55.4 Å². The SMILES string of the molecule is O=C(c1ccccc1OCCN1CCOCC1)N1CCCC(Cc2cccc3[nH]ncc23)CC1. The van der Waals surface area contributed by atoms with Gasteiger partial charge in [0.15, 0.2) is 0 Å². The molecule has 2 aromatic carbocycles. The number of fused-ring (bicyclic) bond motifs is 1. The van der Waals surface area contributed by atoms with Gasteiger partial charge in [-0.15, -0.1) is 0 Å². The lowest BCUT2D eigenvalue weighted by Crippen LogP contribution is -2.38. The van der Waals surface area contributed by atoms with E-state index >= 15 is 0 Å². The summed E-state index contributed by atoms with van der Waals surface area (Å²) in [6.45, 7) is 6.44. The number of rotatable bonds is 7. The van der Waals surface area contributed by atoms with Gasteiger partial charge in [-0.25, -0.2) is 0 Å². The number of carbonyl (C=O) groups is 1. The molecule has 180 valence electrons. The summed E-state index contributed by atoms with van der Waals surface area (Å²) < 4.78 is 11.5. The Bertz CT molecular complexity index is 1090. The van der Waals surface area contributed by atoms with Crippen LogP contribution in [0.15, 0.2) is 48.7 Å². The lowest BCUT2D eigenvalue weighted by molar-refractivity contribution is 0.0321. The molecular formula is C27H34N4O3. The van der Waals surface area contributed by atoms with Gasteiger partial charge in [0.2, 0.25) is 0 Å². The van der Waals surface area contributed by atoms with Gasteiger partial charge in [0, 0.05) is 38.1 Å². The Morgan fingerprint density at radius 3 is 2.85 bits per heavy atom. The minimum atomic E-state index is 0.0829. The molecule has 0 saturated carbocycles. The Kier molecular flexibility index (Phi) is 7.41. The molecule has 5 rings (SSSR count). The number of benzene rings is 2. The average molecular weight is 463 g/mol. The van der Waals surface area contributed by atoms with Crippen molar-refractivity contribution in [3.05, 3.63) is 59.8 Å². The maximum atomic E-state index is 13.4. The van der Waals surface area contributed by atoms with Crippen molar-refractivity contribution in [3.63, 3.8) is 0 Å². The molecule has 0 aliphatic carbocycles. The molecule has 34 heavy (non-hydrogen) atoms. The van der Waals surface area contributed by atoms with E-state index < -0.39 is 0 Å². The molecule has 0 spiro atoms. The van der Waals surface area contributed by atoms with Crippen molar-refractivity contribution in [2.75, 3.05) is 52.5 Å². The highest BCUT2D eigenvalue weighted by Gasteiger charge is 2.24. The zero-order valence-electron chi connectivity index (χ0n) is 19.7. The fourth-order valence-electron chi connectivity index (χ4n) is 5.14. The van der Waals surface area contributed by atoms with Crippen LogP contribution in [0, 0.1) is 5.92 Å². The van der Waals surface area contributed by atoms with Crippen LogP contribution in [0.25, 0.3) is 10.9 Å². The molecule has 1 amide bonds. The van der Waals surface area contributed by atoms with Crippen LogP contribution in [-0.2, 0) is 11.2 Å². The van der Waals surface area contributed by atoms with Crippen LogP contribution in [0.4, 0.5) is 0 Å². The molecule has 2 fully saturated rings. The van der Waals surface area contributed by atoms with Crippen LogP contribution < -0.4 is 4.74 Å². The van der Waals surface area contributed by atoms with Gasteiger partial charge >= 0.3 is 0 Å². The first kappa shape index (κ1) is 22.9. The number of hydrogen-bond donors (Lipinski definition) is 1. The Morgan fingerprint density at radius 2 is 1.94 bits per heavy atom. The smallest absolute Gasteiger partial charge is 0.257 e. The summed E-state index contributed by atoms with van der Waals surface area (Å²) in [5.74, 6) is 1.34. The summed E-state index contributed by atoms with van der Waals surface area (Å²) in [6, 6.07) is 14.0. The molecule has 3 heterocycles. The van der Waals surface area contributed by atoms with Crippen molar-refractivity contribution in [2.45, 2.75) is 25.7 Å². The lowest BCUT2D eigenvalue weighted by Gasteiger charge is -2.26. The van der Waals surface area contributed by atoms with E-state index in [0.29, 0.717) is 23.8 Å². The highest BCUT2D eigenvalue weighted by atomic mass is 16.5. The summed E-state index contributed by atoms with van der Waals surface area (Å²) in [4.78, 5) is 17.8. The molecule has 1 aromatic heterocycles. The van der Waals surface area contributed by atoms with Crippen LogP contribution in [0.3, 0.4) is 0 Å². The van der Waals surface area contributed by atoms with Crippen LogP contribution in [0.2, 0.25) is 0 Å². The highest BCUT2D eigenvalue weighted by Crippen LogP contribution is 2.27. The van der Waals surface area contributed by atoms with Gasteiger partial charge in [-0.1, -0.05) is 24.3 Å². The van der Waals surface area contributed by atoms with E-state index in [2.05, 4.69) is 33.3 Å². The normalized spacial score (nSPS) is 19.8. The molecule has 1 N–H and O–H groups in total. The third kappa shape index (κ3) is 5.42. The van der Waals surface area contributed by atoms with Gasteiger partial charge < -0.3 is 14.4 Å². The zero-order valence-corrected chi connectivity index (χ0v) is 19.7. The molecule has 0 bridgehead atoms. The third-order valence-electron chi connectivity index (χ3n) is 7.10. The molecule has 2 aliphatic heterocycles. The number of morpholine rings is 1. The minimum absolute atomic E-state index is 0.0829. The Morgan fingerprint density at radius 1 is 1.06 bits per heavy atom. The molecule has 7 heteroatoms. The molecule has 1 atom stereocenters. The molecule has 3 aromatic rings. The second-order valence-corrected chi connectivity index (χ2v) is 9.34. The van der Waals surface area contributed by atoms with Crippen molar-refractivity contribution < 1.29 is 14.3 Å². The molecule has 1 unspecified atom stereocenters. The highest BCUT2D eigenvalue weighted by molar-refractivity contribution is 5.97. The van der Waals surface area contributed by atoms with Gasteiger partial charge in [0.1, 0.15) is 12.4 Å². The van der Waals surface area contributed by atoms with E-state index in [1.54, 1.807) is 0 Å². The Labute approximate surface area is 201 Å². The summed E-state index contributed by atoms with van der Waals surface area (Å²) >= 11 is 0. The number of carbonyl (C=O) groups excluding carboxylic acids is 1. The predicted octanol–water partition coefficient (Wildman–Crippen LogP) is 3.76. The predicted molar refractivity (Wildman–Crippen MR) is 132 cm³/mol. The maximum Gasteiger partial charge on any atom is 0.257 e. The second-order valence-electron chi connectivity index (χ2n) is 9.34. The van der Waals surface area contributed by atoms with Crippen LogP contribution in [-0.4, -0.2) is 78.4 Å². The topological polar surface area (TPSA) is 70.7 Å². The number of aromatic nitrogens is 2. The van der Waals surface area contributed by atoms with E-state index in [4.69, 9.17) is 9.47 Å². The second kappa shape index (κ2) is 11.0. The molecule has 2 aliphatic rings. The van der Waals surface area contributed by atoms with Crippen molar-refractivity contribution in [3.8, 4) is 5.75 Å². The number of ether oxygens (including phenoxy) is 2. The fourth-order valence-corrected chi connectivity index (χ4v) is 5.14. The third-order valence-corrected chi connectivity index (χ3v) is 7.10. The lowest BCUT2D eigenvalue weighted by atomic mass is 9.91. The van der Waals surface area contributed by atoms with E-state index in [1.165, 1.54) is 10.9 Å². The molecular weight excluding hydrogens is 428 g/mol. The van der Waals surface area contributed by atoms with Crippen molar-refractivity contribution >= 4 is 16.8 Å². The Balaban J connectivity index is 1.18. The summed E-state index contributed by atoms with van der Waals surface area (Å²) in [6.07, 6.45) is 6.13. The number of nitrogens with one attached hydrogen (secondary N) is 1. The van der Waals surface area contributed by atoms with E-state index in [-0.39, 0.29) is 5.91 Å². The first-order valence-electron chi connectivity index (χ1n) is 12.5. The van der Waals surface area contributed by atoms with Gasteiger partial charge in [-0.2, -0.15) is 5.10 Å². The number of H-pyrrole nitrogens is 1. The molecule has 2 saturated heterocycles. The number of amides is 1. The first-order chi connectivity index (χ1) is 16.8. The van der Waals surface area contributed by atoms with Gasteiger partial charge in [-0.3, -0.25) is 14.8 Å². The molecule has 0 radical (unpaired) electrons. The van der Waals surface area contributed by atoms with Gasteiger partial charge in [0.25, 0.3) is 5.91 Å². The van der Waals surface area contributed by atoms with Crippen LogP contribution in [0.5, 0.6) is 5.75 Å². The number of likely N-dealkylation sites (tertiary alicyclic amines) is 1. The number of aromatic amines is 1. The summed E-state index contributed by atoms with van der Waals surface area (Å²) in [7, 11) is 0. The monoisotopic (exact) mass is 462 g/mol.